The van der Waals surface area contributed by atoms with Crippen LogP contribution in [0, 0.1) is 0 Å². The minimum absolute atomic E-state index is 0.430. The molecule has 0 saturated carbocycles. The van der Waals surface area contributed by atoms with E-state index in [-0.39, 0.29) is 0 Å². The molecule has 1 aromatic carbocycles. The standard InChI is InChI=1S/C12H15NO3/c1-16-8-4-5-11-10(7-8)9(12(14)15)3-2-6-13-11/h4-5,7,9,13H,2-3,6H2,1H3,(H,14,15). The van der Waals surface area contributed by atoms with Gasteiger partial charge in [-0.25, -0.2) is 0 Å². The predicted molar refractivity (Wildman–Crippen MR) is 61.1 cm³/mol. The lowest BCUT2D eigenvalue weighted by Crippen LogP contribution is -2.11. The van der Waals surface area contributed by atoms with E-state index in [1.54, 1.807) is 7.11 Å². The fourth-order valence-electron chi connectivity index (χ4n) is 2.06. The van der Waals surface area contributed by atoms with E-state index < -0.39 is 11.9 Å². The minimum atomic E-state index is -0.766. The van der Waals surface area contributed by atoms with E-state index in [2.05, 4.69) is 5.32 Å². The van der Waals surface area contributed by atoms with Crippen molar-refractivity contribution in [2.75, 3.05) is 19.0 Å². The summed E-state index contributed by atoms with van der Waals surface area (Å²) in [5.41, 5.74) is 1.73. The fraction of sp³-hybridized carbons (Fsp3) is 0.417. The van der Waals surface area contributed by atoms with Gasteiger partial charge < -0.3 is 15.2 Å². The average Bonchev–Trinajstić information content (AvgIpc) is 2.49. The summed E-state index contributed by atoms with van der Waals surface area (Å²) in [7, 11) is 1.58. The number of anilines is 1. The van der Waals surface area contributed by atoms with Gasteiger partial charge in [-0.2, -0.15) is 0 Å². The van der Waals surface area contributed by atoms with Gasteiger partial charge in [0.25, 0.3) is 0 Å². The number of carboxylic acid groups (broad SMARTS) is 1. The van der Waals surface area contributed by atoms with Crippen LogP contribution in [-0.2, 0) is 4.79 Å². The van der Waals surface area contributed by atoms with Crippen LogP contribution in [0.5, 0.6) is 5.75 Å². The SMILES string of the molecule is COc1ccc2c(c1)C(C(=O)O)CCCN2. The Labute approximate surface area is 94.2 Å². The van der Waals surface area contributed by atoms with E-state index in [1.807, 2.05) is 18.2 Å². The number of methoxy groups -OCH3 is 1. The van der Waals surface area contributed by atoms with E-state index >= 15 is 0 Å². The Morgan fingerprint density at radius 1 is 1.56 bits per heavy atom. The molecular formula is C12H15NO3. The minimum Gasteiger partial charge on any atom is -0.497 e. The lowest BCUT2D eigenvalue weighted by Gasteiger charge is -2.14. The first-order valence-electron chi connectivity index (χ1n) is 5.37. The number of carboxylic acids is 1. The van der Waals surface area contributed by atoms with Crippen molar-refractivity contribution in [3.63, 3.8) is 0 Å². The first-order chi connectivity index (χ1) is 7.72. The van der Waals surface area contributed by atoms with E-state index in [1.165, 1.54) is 0 Å². The van der Waals surface area contributed by atoms with Crippen LogP contribution >= 0.6 is 0 Å². The Morgan fingerprint density at radius 2 is 2.38 bits per heavy atom. The largest absolute Gasteiger partial charge is 0.497 e. The highest BCUT2D eigenvalue weighted by Gasteiger charge is 2.25. The summed E-state index contributed by atoms with van der Waals surface area (Å²) in [5, 5.41) is 12.4. The molecule has 4 heteroatoms. The first kappa shape index (κ1) is 10.8. The maximum absolute atomic E-state index is 11.2. The van der Waals surface area contributed by atoms with E-state index in [9.17, 15) is 9.90 Å². The molecule has 1 unspecified atom stereocenters. The zero-order valence-corrected chi connectivity index (χ0v) is 9.19. The third-order valence-corrected chi connectivity index (χ3v) is 2.92. The molecule has 0 aliphatic carbocycles. The summed E-state index contributed by atoms with van der Waals surface area (Å²) < 4.78 is 5.13. The van der Waals surface area contributed by atoms with Crippen LogP contribution in [-0.4, -0.2) is 24.7 Å². The lowest BCUT2D eigenvalue weighted by atomic mass is 9.94. The normalized spacial score (nSPS) is 19.2. The van der Waals surface area contributed by atoms with Gasteiger partial charge in [-0.1, -0.05) is 0 Å². The Morgan fingerprint density at radius 3 is 3.06 bits per heavy atom. The van der Waals surface area contributed by atoms with Crippen molar-refractivity contribution in [3.05, 3.63) is 23.8 Å². The van der Waals surface area contributed by atoms with Crippen molar-refractivity contribution >= 4 is 11.7 Å². The topological polar surface area (TPSA) is 58.6 Å². The van der Waals surface area contributed by atoms with Gasteiger partial charge in [0.05, 0.1) is 13.0 Å². The molecule has 1 aliphatic rings. The molecule has 0 fully saturated rings. The number of hydrogen-bond acceptors (Lipinski definition) is 3. The van der Waals surface area contributed by atoms with E-state index in [0.717, 1.165) is 24.2 Å². The molecule has 1 aliphatic heterocycles. The van der Waals surface area contributed by atoms with Crippen LogP contribution < -0.4 is 10.1 Å². The molecule has 0 aromatic heterocycles. The summed E-state index contributed by atoms with van der Waals surface area (Å²) in [4.78, 5) is 11.2. The predicted octanol–water partition coefficient (Wildman–Crippen LogP) is 2.07. The molecule has 1 aromatic rings. The van der Waals surface area contributed by atoms with Gasteiger partial charge in [0.2, 0.25) is 0 Å². The monoisotopic (exact) mass is 221 g/mol. The molecule has 4 nitrogen and oxygen atoms in total. The maximum atomic E-state index is 11.2. The third-order valence-electron chi connectivity index (χ3n) is 2.92. The van der Waals surface area contributed by atoms with Crippen LogP contribution in [0.25, 0.3) is 0 Å². The van der Waals surface area contributed by atoms with Gasteiger partial charge in [-0.15, -0.1) is 0 Å². The average molecular weight is 221 g/mol. The number of hydrogen-bond donors (Lipinski definition) is 2. The van der Waals surface area contributed by atoms with Crippen molar-refractivity contribution in [2.45, 2.75) is 18.8 Å². The van der Waals surface area contributed by atoms with Gasteiger partial charge in [0.15, 0.2) is 0 Å². The van der Waals surface area contributed by atoms with Crippen molar-refractivity contribution in [3.8, 4) is 5.75 Å². The fourth-order valence-corrected chi connectivity index (χ4v) is 2.06. The second-order valence-electron chi connectivity index (χ2n) is 3.91. The second-order valence-corrected chi connectivity index (χ2v) is 3.91. The highest BCUT2D eigenvalue weighted by atomic mass is 16.5. The van der Waals surface area contributed by atoms with Crippen LogP contribution in [0.4, 0.5) is 5.69 Å². The van der Waals surface area contributed by atoms with Gasteiger partial charge >= 0.3 is 5.97 Å². The zero-order chi connectivity index (χ0) is 11.5. The zero-order valence-electron chi connectivity index (χ0n) is 9.19. The number of ether oxygens (including phenoxy) is 1. The number of nitrogens with one attached hydrogen (secondary N) is 1. The molecule has 0 amide bonds. The van der Waals surface area contributed by atoms with Gasteiger partial charge in [0, 0.05) is 12.2 Å². The number of rotatable bonds is 2. The highest BCUT2D eigenvalue weighted by molar-refractivity contribution is 5.79. The summed E-state index contributed by atoms with van der Waals surface area (Å²) in [6, 6.07) is 5.54. The first-order valence-corrected chi connectivity index (χ1v) is 5.37. The quantitative estimate of drug-likeness (QED) is 0.802. The van der Waals surface area contributed by atoms with Crippen molar-refractivity contribution < 1.29 is 14.6 Å². The molecule has 0 saturated heterocycles. The Bertz CT molecular complexity index is 403. The summed E-state index contributed by atoms with van der Waals surface area (Å²) in [6.45, 7) is 0.823. The van der Waals surface area contributed by atoms with Crippen molar-refractivity contribution in [2.24, 2.45) is 0 Å². The molecular weight excluding hydrogens is 206 g/mol. The molecule has 2 N–H and O–H groups in total. The third kappa shape index (κ3) is 1.96. The van der Waals surface area contributed by atoms with Crippen LogP contribution in [0.15, 0.2) is 18.2 Å². The summed E-state index contributed by atoms with van der Waals surface area (Å²) >= 11 is 0. The Hall–Kier alpha value is -1.71. The molecule has 0 spiro atoms. The van der Waals surface area contributed by atoms with Gasteiger partial charge in [-0.05, 0) is 36.6 Å². The Balaban J connectivity index is 2.44. The molecule has 0 bridgehead atoms. The van der Waals surface area contributed by atoms with Crippen molar-refractivity contribution in [1.29, 1.82) is 0 Å². The molecule has 16 heavy (non-hydrogen) atoms. The number of benzene rings is 1. The van der Waals surface area contributed by atoms with Gasteiger partial charge in [-0.3, -0.25) is 4.79 Å². The number of carbonyl (C=O) groups is 1. The molecule has 0 radical (unpaired) electrons. The number of aliphatic carboxylic acids is 1. The maximum Gasteiger partial charge on any atom is 0.311 e. The molecule has 1 heterocycles. The van der Waals surface area contributed by atoms with Crippen LogP contribution in [0.1, 0.15) is 24.3 Å². The lowest BCUT2D eigenvalue weighted by molar-refractivity contribution is -0.138. The van der Waals surface area contributed by atoms with Gasteiger partial charge in [0.1, 0.15) is 5.75 Å². The Kier molecular flexibility index (Phi) is 2.99. The van der Waals surface area contributed by atoms with Crippen LogP contribution in [0.3, 0.4) is 0 Å². The summed E-state index contributed by atoms with van der Waals surface area (Å²) in [5.74, 6) is -0.494. The molecule has 86 valence electrons. The van der Waals surface area contributed by atoms with E-state index in [4.69, 9.17) is 4.74 Å². The highest BCUT2D eigenvalue weighted by Crippen LogP contribution is 2.34. The summed E-state index contributed by atoms with van der Waals surface area (Å²) in [6.07, 6.45) is 1.54. The van der Waals surface area contributed by atoms with Crippen LogP contribution in [0.2, 0.25) is 0 Å². The number of fused-ring (bicyclic) bond motifs is 1. The molecule has 2 rings (SSSR count). The second kappa shape index (κ2) is 4.43. The van der Waals surface area contributed by atoms with E-state index in [0.29, 0.717) is 12.2 Å². The van der Waals surface area contributed by atoms with Crippen molar-refractivity contribution in [1.82, 2.24) is 0 Å². The molecule has 1 atom stereocenters. The smallest absolute Gasteiger partial charge is 0.311 e.